The lowest BCUT2D eigenvalue weighted by Crippen LogP contribution is -2.31. The van der Waals surface area contributed by atoms with Crippen LogP contribution in [0.25, 0.3) is 10.9 Å². The molecule has 3 aromatic rings. The van der Waals surface area contributed by atoms with E-state index in [-0.39, 0.29) is 5.82 Å². The lowest BCUT2D eigenvalue weighted by Gasteiger charge is -2.25. The number of aromatic nitrogens is 2. The lowest BCUT2D eigenvalue weighted by molar-refractivity contribution is 0.629. The number of anilines is 2. The van der Waals surface area contributed by atoms with Crippen LogP contribution < -0.4 is 9.80 Å². The van der Waals surface area contributed by atoms with Crippen LogP contribution in [-0.4, -0.2) is 36.1 Å². The molecule has 4 rings (SSSR count). The minimum absolute atomic E-state index is 0.275. The second kappa shape index (κ2) is 6.96. The molecule has 0 bridgehead atoms. The van der Waals surface area contributed by atoms with E-state index in [2.05, 4.69) is 25.8 Å². The third-order valence-electron chi connectivity index (χ3n) is 4.73. The van der Waals surface area contributed by atoms with Gasteiger partial charge < -0.3 is 9.80 Å². The van der Waals surface area contributed by atoms with Crippen LogP contribution in [0.2, 0.25) is 0 Å². The smallest absolute Gasteiger partial charge is 0.146 e. The molecule has 130 valence electrons. The summed E-state index contributed by atoms with van der Waals surface area (Å²) in [7, 11) is 0. The van der Waals surface area contributed by atoms with Gasteiger partial charge in [-0.2, -0.15) is 5.26 Å². The van der Waals surface area contributed by atoms with Crippen molar-refractivity contribution in [2.24, 2.45) is 0 Å². The summed E-state index contributed by atoms with van der Waals surface area (Å²) >= 11 is 0. The Bertz CT molecular complexity index is 981. The van der Waals surface area contributed by atoms with E-state index in [1.54, 1.807) is 30.6 Å². The number of rotatable bonds is 2. The van der Waals surface area contributed by atoms with Gasteiger partial charge in [-0.25, -0.2) is 9.37 Å². The molecule has 6 heteroatoms. The minimum Gasteiger partial charge on any atom is -0.369 e. The van der Waals surface area contributed by atoms with Gasteiger partial charge in [0.15, 0.2) is 0 Å². The van der Waals surface area contributed by atoms with Gasteiger partial charge in [0.25, 0.3) is 0 Å². The number of pyridine rings is 2. The Morgan fingerprint density at radius 1 is 0.962 bits per heavy atom. The van der Waals surface area contributed by atoms with Crippen molar-refractivity contribution in [2.75, 3.05) is 36.0 Å². The summed E-state index contributed by atoms with van der Waals surface area (Å²) in [6.07, 6.45) is 4.41. The van der Waals surface area contributed by atoms with E-state index >= 15 is 0 Å². The van der Waals surface area contributed by atoms with E-state index in [1.807, 2.05) is 6.07 Å². The average molecular weight is 347 g/mol. The van der Waals surface area contributed by atoms with Crippen molar-refractivity contribution in [3.8, 4) is 6.07 Å². The number of hydrogen-bond acceptors (Lipinski definition) is 5. The highest BCUT2D eigenvalue weighted by Crippen LogP contribution is 2.27. The number of hydrogen-bond donors (Lipinski definition) is 0. The normalized spacial score (nSPS) is 14.9. The van der Waals surface area contributed by atoms with Crippen molar-refractivity contribution >= 4 is 22.4 Å². The molecule has 3 heterocycles. The standard InChI is InChI=1S/C20H18FN5/c21-16-4-5-17-18(13-16)23-8-6-19(17)25-9-2-10-26(12-11-25)20-15(14-22)3-1-7-24-20/h1,3-8,13H,2,9-12H2. The Morgan fingerprint density at radius 3 is 2.69 bits per heavy atom. The van der Waals surface area contributed by atoms with Gasteiger partial charge in [0.1, 0.15) is 17.7 Å². The van der Waals surface area contributed by atoms with Gasteiger partial charge in [-0.1, -0.05) is 0 Å². The third-order valence-corrected chi connectivity index (χ3v) is 4.73. The van der Waals surface area contributed by atoms with Gasteiger partial charge in [0.05, 0.1) is 11.1 Å². The van der Waals surface area contributed by atoms with Crippen molar-refractivity contribution in [3.05, 3.63) is 60.2 Å². The maximum atomic E-state index is 13.5. The van der Waals surface area contributed by atoms with Crippen molar-refractivity contribution in [3.63, 3.8) is 0 Å². The first-order valence-corrected chi connectivity index (χ1v) is 8.65. The molecule has 0 saturated carbocycles. The number of fused-ring (bicyclic) bond motifs is 1. The largest absolute Gasteiger partial charge is 0.369 e. The quantitative estimate of drug-likeness (QED) is 0.711. The van der Waals surface area contributed by atoms with Crippen LogP contribution in [0.15, 0.2) is 48.8 Å². The van der Waals surface area contributed by atoms with Crippen molar-refractivity contribution < 1.29 is 4.39 Å². The highest BCUT2D eigenvalue weighted by Gasteiger charge is 2.19. The molecule has 0 spiro atoms. The summed E-state index contributed by atoms with van der Waals surface area (Å²) in [6.45, 7) is 3.32. The zero-order chi connectivity index (χ0) is 17.9. The highest BCUT2D eigenvalue weighted by molar-refractivity contribution is 5.91. The van der Waals surface area contributed by atoms with E-state index < -0.39 is 0 Å². The molecule has 0 radical (unpaired) electrons. The van der Waals surface area contributed by atoms with Crippen molar-refractivity contribution in [1.29, 1.82) is 5.26 Å². The third kappa shape index (κ3) is 3.04. The SMILES string of the molecule is N#Cc1cccnc1N1CCCN(c2ccnc3cc(F)ccc23)CC1. The molecule has 1 aliphatic rings. The predicted molar refractivity (Wildman–Crippen MR) is 99.7 cm³/mol. The zero-order valence-corrected chi connectivity index (χ0v) is 14.3. The van der Waals surface area contributed by atoms with Gasteiger partial charge in [0.2, 0.25) is 0 Å². The number of nitrogens with zero attached hydrogens (tertiary/aromatic N) is 5. The maximum absolute atomic E-state index is 13.5. The van der Waals surface area contributed by atoms with Crippen molar-refractivity contribution in [1.82, 2.24) is 9.97 Å². The zero-order valence-electron chi connectivity index (χ0n) is 14.3. The van der Waals surface area contributed by atoms with Gasteiger partial charge in [-0.15, -0.1) is 0 Å². The second-order valence-electron chi connectivity index (χ2n) is 6.31. The summed E-state index contributed by atoms with van der Waals surface area (Å²) in [5.74, 6) is 0.474. The lowest BCUT2D eigenvalue weighted by atomic mass is 10.1. The molecule has 1 saturated heterocycles. The number of nitriles is 1. The van der Waals surface area contributed by atoms with Gasteiger partial charge in [-0.05, 0) is 36.8 Å². The van der Waals surface area contributed by atoms with E-state index in [0.717, 1.165) is 49.5 Å². The summed E-state index contributed by atoms with van der Waals surface area (Å²) in [4.78, 5) is 13.2. The number of benzene rings is 1. The molecular weight excluding hydrogens is 329 g/mol. The van der Waals surface area contributed by atoms with E-state index in [0.29, 0.717) is 11.1 Å². The molecular formula is C20H18FN5. The molecule has 0 aliphatic carbocycles. The average Bonchev–Trinajstić information content (AvgIpc) is 2.93. The maximum Gasteiger partial charge on any atom is 0.146 e. The van der Waals surface area contributed by atoms with Crippen LogP contribution >= 0.6 is 0 Å². The van der Waals surface area contributed by atoms with Gasteiger partial charge >= 0.3 is 0 Å². The summed E-state index contributed by atoms with van der Waals surface area (Å²) < 4.78 is 13.5. The molecule has 2 aromatic heterocycles. The molecule has 0 unspecified atom stereocenters. The van der Waals surface area contributed by atoms with Crippen LogP contribution in [-0.2, 0) is 0 Å². The Kier molecular flexibility index (Phi) is 4.36. The molecule has 1 aromatic carbocycles. The van der Waals surface area contributed by atoms with Crippen LogP contribution in [0, 0.1) is 17.1 Å². The van der Waals surface area contributed by atoms with Crippen LogP contribution in [0.3, 0.4) is 0 Å². The molecule has 1 aliphatic heterocycles. The molecule has 1 fully saturated rings. The van der Waals surface area contributed by atoms with Gasteiger partial charge in [0, 0.05) is 55.7 Å². The summed E-state index contributed by atoms with van der Waals surface area (Å²) in [6, 6.07) is 12.5. The number of halogens is 1. The van der Waals surface area contributed by atoms with Gasteiger partial charge in [-0.3, -0.25) is 4.98 Å². The summed E-state index contributed by atoms with van der Waals surface area (Å²) in [5.41, 5.74) is 2.34. The predicted octanol–water partition coefficient (Wildman–Crippen LogP) is 3.36. The summed E-state index contributed by atoms with van der Waals surface area (Å²) in [5, 5.41) is 10.3. The molecule has 26 heavy (non-hydrogen) atoms. The fourth-order valence-electron chi connectivity index (χ4n) is 3.49. The Balaban J connectivity index is 1.61. The van der Waals surface area contributed by atoms with E-state index in [9.17, 15) is 9.65 Å². The monoisotopic (exact) mass is 347 g/mol. The Labute approximate surface area is 151 Å². The molecule has 0 atom stereocenters. The minimum atomic E-state index is -0.275. The topological polar surface area (TPSA) is 56.1 Å². The Hall–Kier alpha value is -3.20. The Morgan fingerprint density at radius 2 is 1.81 bits per heavy atom. The fourth-order valence-corrected chi connectivity index (χ4v) is 3.49. The second-order valence-corrected chi connectivity index (χ2v) is 6.31. The fraction of sp³-hybridized carbons (Fsp3) is 0.250. The van der Waals surface area contributed by atoms with Crippen molar-refractivity contribution in [2.45, 2.75) is 6.42 Å². The molecule has 0 amide bonds. The van der Waals surface area contributed by atoms with Crippen LogP contribution in [0.5, 0.6) is 0 Å². The first-order chi connectivity index (χ1) is 12.8. The van der Waals surface area contributed by atoms with E-state index in [4.69, 9.17) is 0 Å². The first-order valence-electron chi connectivity index (χ1n) is 8.65. The highest BCUT2D eigenvalue weighted by atomic mass is 19.1. The van der Waals surface area contributed by atoms with Crippen LogP contribution in [0.4, 0.5) is 15.9 Å². The molecule has 0 N–H and O–H groups in total. The molecule has 5 nitrogen and oxygen atoms in total. The van der Waals surface area contributed by atoms with Crippen LogP contribution in [0.1, 0.15) is 12.0 Å². The first kappa shape index (κ1) is 16.3. The van der Waals surface area contributed by atoms with E-state index in [1.165, 1.54) is 12.1 Å².